The van der Waals surface area contributed by atoms with Gasteiger partial charge in [-0.25, -0.2) is 9.78 Å². The van der Waals surface area contributed by atoms with Crippen molar-refractivity contribution in [1.29, 1.82) is 0 Å². The molecule has 2 amide bonds. The molecule has 8 heteroatoms. The molecule has 0 saturated carbocycles. The molecule has 1 aliphatic rings. The Labute approximate surface area is 140 Å². The standard InChI is InChI=1S/C15H24N4O3S/c1-10-6-5-8-19(10)11(17-14(21)22-15(2,3)4)12(20)18-13-16-7-9-23-13/h7,9-11H,5-6,8H2,1-4H3,(H,17,21)(H,16,18,20)/t10?,11-/m0/s1. The number of hydrogen-bond donors (Lipinski definition) is 2. The minimum absolute atomic E-state index is 0.219. The molecule has 1 aliphatic heterocycles. The highest BCUT2D eigenvalue weighted by molar-refractivity contribution is 7.13. The Morgan fingerprint density at radius 1 is 1.48 bits per heavy atom. The van der Waals surface area contributed by atoms with E-state index in [1.165, 1.54) is 11.3 Å². The average molecular weight is 340 g/mol. The molecule has 128 valence electrons. The van der Waals surface area contributed by atoms with E-state index in [1.54, 1.807) is 32.3 Å². The molecule has 23 heavy (non-hydrogen) atoms. The zero-order chi connectivity index (χ0) is 17.0. The zero-order valence-electron chi connectivity index (χ0n) is 14.0. The minimum Gasteiger partial charge on any atom is -0.444 e. The number of alkyl carbamates (subject to hydrolysis) is 1. The molecule has 2 atom stereocenters. The molecule has 1 fully saturated rings. The monoisotopic (exact) mass is 340 g/mol. The summed E-state index contributed by atoms with van der Waals surface area (Å²) in [6.45, 7) is 8.17. The van der Waals surface area contributed by atoms with Crippen LogP contribution in [0.3, 0.4) is 0 Å². The van der Waals surface area contributed by atoms with Crippen LogP contribution in [-0.2, 0) is 9.53 Å². The smallest absolute Gasteiger partial charge is 0.409 e. The van der Waals surface area contributed by atoms with Gasteiger partial charge in [0.25, 0.3) is 5.91 Å². The molecule has 1 aromatic rings. The van der Waals surface area contributed by atoms with E-state index in [2.05, 4.69) is 15.6 Å². The zero-order valence-corrected chi connectivity index (χ0v) is 14.8. The molecule has 2 rings (SSSR count). The van der Waals surface area contributed by atoms with Crippen LogP contribution in [0.4, 0.5) is 9.93 Å². The van der Waals surface area contributed by atoms with Crippen LogP contribution in [0.2, 0.25) is 0 Å². The van der Waals surface area contributed by atoms with Gasteiger partial charge in [0.1, 0.15) is 5.60 Å². The van der Waals surface area contributed by atoms with Crippen LogP contribution in [-0.4, -0.2) is 46.2 Å². The van der Waals surface area contributed by atoms with Crippen molar-refractivity contribution < 1.29 is 14.3 Å². The number of anilines is 1. The number of likely N-dealkylation sites (tertiary alicyclic amines) is 1. The Balaban J connectivity index is 2.08. The lowest BCUT2D eigenvalue weighted by atomic mass is 10.2. The van der Waals surface area contributed by atoms with Crippen molar-refractivity contribution in [3.63, 3.8) is 0 Å². The van der Waals surface area contributed by atoms with E-state index in [0.717, 1.165) is 19.4 Å². The number of thiazole rings is 1. The van der Waals surface area contributed by atoms with Crippen LogP contribution in [0.1, 0.15) is 40.5 Å². The number of aromatic nitrogens is 1. The summed E-state index contributed by atoms with van der Waals surface area (Å²) in [4.78, 5) is 30.7. The maximum Gasteiger partial charge on any atom is 0.409 e. The van der Waals surface area contributed by atoms with Gasteiger partial charge < -0.3 is 4.74 Å². The highest BCUT2D eigenvalue weighted by Gasteiger charge is 2.35. The fourth-order valence-electron chi connectivity index (χ4n) is 2.52. The number of nitrogens with one attached hydrogen (secondary N) is 2. The van der Waals surface area contributed by atoms with Crippen molar-refractivity contribution in [3.8, 4) is 0 Å². The first-order valence-corrected chi connectivity index (χ1v) is 8.60. The fraction of sp³-hybridized carbons (Fsp3) is 0.667. The molecule has 1 aromatic heterocycles. The third-order valence-electron chi connectivity index (χ3n) is 3.50. The second kappa shape index (κ2) is 7.27. The van der Waals surface area contributed by atoms with Gasteiger partial charge in [-0.2, -0.15) is 0 Å². The third kappa shape index (κ3) is 5.18. The molecule has 0 spiro atoms. The summed E-state index contributed by atoms with van der Waals surface area (Å²) >= 11 is 1.34. The Bertz CT molecular complexity index is 541. The topological polar surface area (TPSA) is 83.6 Å². The van der Waals surface area contributed by atoms with Crippen molar-refractivity contribution >= 4 is 28.5 Å². The molecule has 0 aromatic carbocycles. The predicted octanol–water partition coefficient (Wildman–Crippen LogP) is 2.42. The second-order valence-corrected chi connectivity index (χ2v) is 7.50. The van der Waals surface area contributed by atoms with Gasteiger partial charge in [0, 0.05) is 24.2 Å². The molecule has 0 bridgehead atoms. The Kier molecular flexibility index (Phi) is 5.59. The highest BCUT2D eigenvalue weighted by Crippen LogP contribution is 2.20. The normalized spacial score (nSPS) is 20.1. The molecular weight excluding hydrogens is 316 g/mol. The van der Waals surface area contributed by atoms with Crippen molar-refractivity contribution in [1.82, 2.24) is 15.2 Å². The second-order valence-electron chi connectivity index (χ2n) is 6.60. The summed E-state index contributed by atoms with van der Waals surface area (Å²) in [7, 11) is 0. The summed E-state index contributed by atoms with van der Waals surface area (Å²) < 4.78 is 5.28. The molecule has 2 N–H and O–H groups in total. The Hall–Kier alpha value is -1.67. The van der Waals surface area contributed by atoms with E-state index in [9.17, 15) is 9.59 Å². The van der Waals surface area contributed by atoms with Crippen molar-refractivity contribution in [2.24, 2.45) is 0 Å². The number of amides is 2. The van der Waals surface area contributed by atoms with Gasteiger partial charge in [-0.3, -0.25) is 20.3 Å². The van der Waals surface area contributed by atoms with Gasteiger partial charge in [-0.15, -0.1) is 11.3 Å². The lowest BCUT2D eigenvalue weighted by molar-refractivity contribution is -0.122. The molecule has 1 unspecified atom stereocenters. The third-order valence-corrected chi connectivity index (χ3v) is 4.19. The van der Waals surface area contributed by atoms with Gasteiger partial charge in [-0.1, -0.05) is 0 Å². The van der Waals surface area contributed by atoms with Crippen molar-refractivity contribution in [3.05, 3.63) is 11.6 Å². The molecule has 7 nitrogen and oxygen atoms in total. The number of hydrogen-bond acceptors (Lipinski definition) is 6. The quantitative estimate of drug-likeness (QED) is 0.879. The number of nitrogens with zero attached hydrogens (tertiary/aromatic N) is 2. The van der Waals surface area contributed by atoms with Crippen molar-refractivity contribution in [2.45, 2.75) is 58.3 Å². The van der Waals surface area contributed by atoms with Crippen LogP contribution >= 0.6 is 11.3 Å². The number of carbonyl (C=O) groups is 2. The van der Waals surface area contributed by atoms with Gasteiger partial charge in [0.15, 0.2) is 11.3 Å². The van der Waals surface area contributed by atoms with E-state index < -0.39 is 17.9 Å². The molecule has 0 aliphatic carbocycles. The summed E-state index contributed by atoms with van der Waals surface area (Å²) in [6.07, 6.45) is 2.24. The lowest BCUT2D eigenvalue weighted by Gasteiger charge is -2.31. The average Bonchev–Trinajstić information content (AvgIpc) is 3.05. The van der Waals surface area contributed by atoms with Crippen LogP contribution in [0.15, 0.2) is 11.6 Å². The van der Waals surface area contributed by atoms with Crippen LogP contribution in [0.25, 0.3) is 0 Å². The maximum atomic E-state index is 12.6. The van der Waals surface area contributed by atoms with Gasteiger partial charge in [-0.05, 0) is 40.5 Å². The first-order valence-electron chi connectivity index (χ1n) is 7.72. The minimum atomic E-state index is -0.772. The molecule has 1 saturated heterocycles. The van der Waals surface area contributed by atoms with E-state index in [-0.39, 0.29) is 11.9 Å². The van der Waals surface area contributed by atoms with Gasteiger partial charge >= 0.3 is 6.09 Å². The largest absolute Gasteiger partial charge is 0.444 e. The lowest BCUT2D eigenvalue weighted by Crippen LogP contribution is -2.56. The van der Waals surface area contributed by atoms with E-state index in [4.69, 9.17) is 4.74 Å². The van der Waals surface area contributed by atoms with Crippen LogP contribution < -0.4 is 10.6 Å². The van der Waals surface area contributed by atoms with Crippen molar-refractivity contribution in [2.75, 3.05) is 11.9 Å². The predicted molar refractivity (Wildman–Crippen MR) is 89.3 cm³/mol. The summed E-state index contributed by atoms with van der Waals surface area (Å²) in [5.41, 5.74) is -0.614. The SMILES string of the molecule is CC1CCCN1[C@H](NC(=O)OC(C)(C)C)C(=O)Nc1nccs1. The van der Waals surface area contributed by atoms with Gasteiger partial charge in [0.05, 0.1) is 0 Å². The Morgan fingerprint density at radius 3 is 2.74 bits per heavy atom. The first-order chi connectivity index (χ1) is 10.8. The summed E-state index contributed by atoms with van der Waals surface area (Å²) in [6, 6.07) is 0.219. The fourth-order valence-corrected chi connectivity index (χ4v) is 3.05. The number of carbonyl (C=O) groups excluding carboxylic acids is 2. The molecule has 2 heterocycles. The van der Waals surface area contributed by atoms with Gasteiger partial charge in [0.2, 0.25) is 0 Å². The molecule has 0 radical (unpaired) electrons. The van der Waals surface area contributed by atoms with E-state index >= 15 is 0 Å². The summed E-state index contributed by atoms with van der Waals surface area (Å²) in [5, 5.41) is 7.73. The molecular formula is C15H24N4O3S. The number of ether oxygens (including phenoxy) is 1. The highest BCUT2D eigenvalue weighted by atomic mass is 32.1. The Morgan fingerprint density at radius 2 is 2.22 bits per heavy atom. The first kappa shape index (κ1) is 17.7. The summed E-state index contributed by atoms with van der Waals surface area (Å²) in [5.74, 6) is -0.306. The van der Waals surface area contributed by atoms with E-state index in [1.807, 2.05) is 11.8 Å². The van der Waals surface area contributed by atoms with Crippen LogP contribution in [0, 0.1) is 0 Å². The van der Waals surface area contributed by atoms with E-state index in [0.29, 0.717) is 5.13 Å². The van der Waals surface area contributed by atoms with Crippen LogP contribution in [0.5, 0.6) is 0 Å². The number of rotatable bonds is 4. The maximum absolute atomic E-state index is 12.6.